The van der Waals surface area contributed by atoms with Crippen molar-refractivity contribution in [3.05, 3.63) is 89.5 Å². The normalized spacial score (nSPS) is 13.7. The van der Waals surface area contributed by atoms with Crippen LogP contribution in [-0.4, -0.2) is 29.1 Å². The molecule has 4 nitrogen and oxygen atoms in total. The summed E-state index contributed by atoms with van der Waals surface area (Å²) in [7, 11) is 0. The van der Waals surface area contributed by atoms with E-state index < -0.39 is 0 Å². The largest absolute Gasteiger partial charge is 0.392 e. The summed E-state index contributed by atoms with van der Waals surface area (Å²) in [6, 6.07) is 22.2. The van der Waals surface area contributed by atoms with Gasteiger partial charge in [-0.25, -0.2) is 4.79 Å². The summed E-state index contributed by atoms with van der Waals surface area (Å²) >= 11 is 0. The number of urea groups is 1. The van der Waals surface area contributed by atoms with Crippen molar-refractivity contribution in [3.8, 4) is 0 Å². The molecule has 4 heteroatoms. The van der Waals surface area contributed by atoms with Crippen LogP contribution in [0.4, 0.5) is 4.79 Å². The Kier molecular flexibility index (Phi) is 4.90. The van der Waals surface area contributed by atoms with Gasteiger partial charge in [-0.2, -0.15) is 0 Å². The summed E-state index contributed by atoms with van der Waals surface area (Å²) in [4.78, 5) is 14.4. The molecule has 2 amide bonds. The lowest BCUT2D eigenvalue weighted by molar-refractivity contribution is 0.210. The van der Waals surface area contributed by atoms with Crippen LogP contribution >= 0.6 is 0 Å². The first-order chi connectivity index (χ1) is 13.2. The lowest BCUT2D eigenvalue weighted by atomic mass is 9.99. The van der Waals surface area contributed by atoms with Gasteiger partial charge in [0.1, 0.15) is 0 Å². The fourth-order valence-corrected chi connectivity index (χ4v) is 3.54. The number of nitrogens with zero attached hydrogens (tertiary/aromatic N) is 1. The van der Waals surface area contributed by atoms with E-state index >= 15 is 0 Å². The number of benzene rings is 3. The van der Waals surface area contributed by atoms with Crippen molar-refractivity contribution >= 4 is 22.4 Å². The maximum absolute atomic E-state index is 12.5. The van der Waals surface area contributed by atoms with E-state index in [0.717, 1.165) is 11.1 Å². The highest BCUT2D eigenvalue weighted by Gasteiger charge is 2.21. The number of aliphatic hydroxyl groups is 1. The van der Waals surface area contributed by atoms with Gasteiger partial charge in [-0.15, -0.1) is 0 Å². The third-order valence-corrected chi connectivity index (χ3v) is 4.96. The smallest absolute Gasteiger partial charge is 0.318 e. The predicted octanol–water partition coefficient (Wildman–Crippen LogP) is 3.94. The topological polar surface area (TPSA) is 52.6 Å². The molecule has 27 heavy (non-hydrogen) atoms. The highest BCUT2D eigenvalue weighted by Crippen LogP contribution is 2.28. The van der Waals surface area contributed by atoms with E-state index in [0.29, 0.717) is 19.6 Å². The second-order valence-corrected chi connectivity index (χ2v) is 6.77. The molecule has 4 rings (SSSR count). The summed E-state index contributed by atoms with van der Waals surface area (Å²) in [6.07, 6.45) is 2.13. The van der Waals surface area contributed by atoms with Crippen LogP contribution in [0.3, 0.4) is 0 Å². The van der Waals surface area contributed by atoms with Gasteiger partial charge in [0, 0.05) is 19.6 Å². The molecule has 0 aromatic heterocycles. The van der Waals surface area contributed by atoms with E-state index in [-0.39, 0.29) is 12.6 Å². The summed E-state index contributed by atoms with van der Waals surface area (Å²) in [5.41, 5.74) is 4.21. The molecule has 1 aliphatic heterocycles. The molecule has 0 saturated carbocycles. The summed E-state index contributed by atoms with van der Waals surface area (Å²) in [5.74, 6) is 0. The zero-order chi connectivity index (χ0) is 18.6. The van der Waals surface area contributed by atoms with Crippen molar-refractivity contribution in [2.75, 3.05) is 13.1 Å². The number of hydrogen-bond donors (Lipinski definition) is 2. The van der Waals surface area contributed by atoms with Crippen LogP contribution < -0.4 is 5.32 Å². The minimum atomic E-state index is -0.0733. The molecule has 1 heterocycles. The second-order valence-electron chi connectivity index (χ2n) is 6.77. The van der Waals surface area contributed by atoms with Crippen molar-refractivity contribution in [2.45, 2.75) is 13.2 Å². The van der Waals surface area contributed by atoms with Crippen molar-refractivity contribution in [1.29, 1.82) is 0 Å². The summed E-state index contributed by atoms with van der Waals surface area (Å²) in [6.45, 7) is 1.68. The van der Waals surface area contributed by atoms with Gasteiger partial charge in [-0.3, -0.25) is 0 Å². The van der Waals surface area contributed by atoms with Gasteiger partial charge in [0.05, 0.1) is 6.61 Å². The standard InChI is InChI=1S/C23H22N2O2/c26-16-18-6-3-5-17(13-18)14-24-23(27)25-12-11-20(15-25)22-10-4-8-19-7-1-2-9-21(19)22/h1-11,13,26H,12,14-16H2,(H,24,27). The molecule has 0 saturated heterocycles. The Balaban J connectivity index is 1.42. The fourth-order valence-electron chi connectivity index (χ4n) is 3.54. The van der Waals surface area contributed by atoms with E-state index in [2.05, 4.69) is 41.7 Å². The average molecular weight is 358 g/mol. The zero-order valence-electron chi connectivity index (χ0n) is 15.1. The molecule has 0 radical (unpaired) electrons. The van der Waals surface area contributed by atoms with Gasteiger partial charge >= 0.3 is 6.03 Å². The molecule has 136 valence electrons. The Bertz CT molecular complexity index is 1000. The molecule has 1 aliphatic rings. The number of carbonyl (C=O) groups is 1. The van der Waals surface area contributed by atoms with Crippen LogP contribution in [0.5, 0.6) is 0 Å². The first kappa shape index (κ1) is 17.3. The van der Waals surface area contributed by atoms with E-state index in [1.807, 2.05) is 41.3 Å². The lowest BCUT2D eigenvalue weighted by Gasteiger charge is -2.18. The number of rotatable bonds is 4. The molecule has 0 atom stereocenters. The predicted molar refractivity (Wildman–Crippen MR) is 108 cm³/mol. The fraction of sp³-hybridized carbons (Fsp3) is 0.174. The molecule has 0 unspecified atom stereocenters. The third-order valence-electron chi connectivity index (χ3n) is 4.96. The van der Waals surface area contributed by atoms with Crippen LogP contribution in [0.1, 0.15) is 16.7 Å². The van der Waals surface area contributed by atoms with Gasteiger partial charge in [-0.05, 0) is 33.0 Å². The maximum atomic E-state index is 12.5. The number of amides is 2. The Labute approximate surface area is 158 Å². The SMILES string of the molecule is O=C(NCc1cccc(CO)c1)N1CC=C(c2cccc3ccccc23)C1. The van der Waals surface area contributed by atoms with E-state index in [1.165, 1.54) is 21.9 Å². The van der Waals surface area contributed by atoms with Gasteiger partial charge in [0.2, 0.25) is 0 Å². The average Bonchev–Trinajstić information content (AvgIpc) is 3.22. The molecule has 0 bridgehead atoms. The van der Waals surface area contributed by atoms with E-state index in [1.54, 1.807) is 0 Å². The molecule has 0 fully saturated rings. The molecule has 3 aromatic carbocycles. The Morgan fingerprint density at radius 1 is 1.00 bits per heavy atom. The number of aliphatic hydroxyl groups excluding tert-OH is 1. The number of fused-ring (bicyclic) bond motifs is 1. The Hall–Kier alpha value is -3.11. The molecular weight excluding hydrogens is 336 g/mol. The van der Waals surface area contributed by atoms with Gasteiger partial charge in [0.25, 0.3) is 0 Å². The second kappa shape index (κ2) is 7.64. The number of nitrogens with one attached hydrogen (secondary N) is 1. The summed E-state index contributed by atoms with van der Waals surface area (Å²) in [5, 5.41) is 14.6. The van der Waals surface area contributed by atoms with Crippen molar-refractivity contribution in [3.63, 3.8) is 0 Å². The highest BCUT2D eigenvalue weighted by atomic mass is 16.3. The van der Waals surface area contributed by atoms with E-state index in [9.17, 15) is 9.90 Å². The Morgan fingerprint density at radius 2 is 1.78 bits per heavy atom. The van der Waals surface area contributed by atoms with Crippen molar-refractivity contribution in [1.82, 2.24) is 10.2 Å². The molecule has 3 aromatic rings. The van der Waals surface area contributed by atoms with Gasteiger partial charge in [0.15, 0.2) is 0 Å². The summed E-state index contributed by atoms with van der Waals surface area (Å²) < 4.78 is 0. The first-order valence-corrected chi connectivity index (χ1v) is 9.13. The molecule has 2 N–H and O–H groups in total. The Morgan fingerprint density at radius 3 is 2.67 bits per heavy atom. The molecule has 0 spiro atoms. The molecule has 0 aliphatic carbocycles. The zero-order valence-corrected chi connectivity index (χ0v) is 15.1. The van der Waals surface area contributed by atoms with Crippen LogP contribution in [0, 0.1) is 0 Å². The minimum Gasteiger partial charge on any atom is -0.392 e. The minimum absolute atomic E-state index is 0.00617. The van der Waals surface area contributed by atoms with E-state index in [4.69, 9.17) is 0 Å². The molecular formula is C23H22N2O2. The quantitative estimate of drug-likeness (QED) is 0.742. The monoisotopic (exact) mass is 358 g/mol. The van der Waals surface area contributed by atoms with Crippen molar-refractivity contribution < 1.29 is 9.90 Å². The van der Waals surface area contributed by atoms with Crippen LogP contribution in [0.2, 0.25) is 0 Å². The van der Waals surface area contributed by atoms with Gasteiger partial charge < -0.3 is 15.3 Å². The van der Waals surface area contributed by atoms with Crippen LogP contribution in [0.25, 0.3) is 16.3 Å². The van der Waals surface area contributed by atoms with Crippen LogP contribution in [0.15, 0.2) is 72.8 Å². The van der Waals surface area contributed by atoms with Crippen LogP contribution in [-0.2, 0) is 13.2 Å². The third kappa shape index (κ3) is 3.71. The highest BCUT2D eigenvalue weighted by molar-refractivity contribution is 5.95. The maximum Gasteiger partial charge on any atom is 0.318 e. The first-order valence-electron chi connectivity index (χ1n) is 9.13. The number of carbonyl (C=O) groups excluding carboxylic acids is 1. The van der Waals surface area contributed by atoms with Gasteiger partial charge in [-0.1, -0.05) is 72.8 Å². The lowest BCUT2D eigenvalue weighted by Crippen LogP contribution is -2.38. The van der Waals surface area contributed by atoms with Crippen molar-refractivity contribution in [2.24, 2.45) is 0 Å². The number of hydrogen-bond acceptors (Lipinski definition) is 2.